The molecule has 2 rings (SSSR count). The van der Waals surface area contributed by atoms with Crippen LogP contribution in [0, 0.1) is 18.8 Å². The van der Waals surface area contributed by atoms with Crippen LogP contribution in [0.4, 0.5) is 4.79 Å². The molecule has 5 heteroatoms. The molecule has 24 heavy (non-hydrogen) atoms. The fraction of sp³-hybridized carbons (Fsp3) is 0.737. The van der Waals surface area contributed by atoms with Crippen LogP contribution in [-0.2, 0) is 0 Å². The first-order valence-corrected chi connectivity index (χ1v) is 9.27. The normalized spacial score (nSPS) is 23.0. The summed E-state index contributed by atoms with van der Waals surface area (Å²) in [5, 5.41) is 5.84. The first kappa shape index (κ1) is 18.8. The second kappa shape index (κ2) is 9.11. The van der Waals surface area contributed by atoms with Crippen LogP contribution < -0.4 is 10.6 Å². The molecule has 0 aromatic carbocycles. The van der Waals surface area contributed by atoms with Crippen molar-refractivity contribution in [2.24, 2.45) is 11.8 Å². The summed E-state index contributed by atoms with van der Waals surface area (Å²) in [6.07, 6.45) is 3.50. The van der Waals surface area contributed by atoms with Crippen molar-refractivity contribution in [1.29, 1.82) is 0 Å². The van der Waals surface area contributed by atoms with Gasteiger partial charge in [0.25, 0.3) is 0 Å². The van der Waals surface area contributed by atoms with Gasteiger partial charge in [0.2, 0.25) is 0 Å². The molecule has 0 bridgehead atoms. The predicted octanol–water partition coefficient (Wildman–Crippen LogP) is 3.71. The van der Waals surface area contributed by atoms with E-state index in [1.165, 1.54) is 19.5 Å². The van der Waals surface area contributed by atoms with Gasteiger partial charge in [0, 0.05) is 19.6 Å². The third-order valence-electron chi connectivity index (χ3n) is 4.67. The third-order valence-corrected chi connectivity index (χ3v) is 4.67. The fourth-order valence-electron chi connectivity index (χ4n) is 3.64. The average Bonchev–Trinajstić information content (AvgIpc) is 2.92. The number of furan rings is 1. The Bertz CT molecular complexity index is 504. The SMILES string of the molecule is Cc1ccc([C@H](C)NC(=O)NCCCCN2C[C@H](C)C[C@@H](C)C2)o1. The van der Waals surface area contributed by atoms with Crippen LogP contribution in [0.1, 0.15) is 57.6 Å². The van der Waals surface area contributed by atoms with E-state index in [0.717, 1.165) is 42.7 Å². The number of piperidine rings is 1. The molecule has 2 N–H and O–H groups in total. The number of likely N-dealkylation sites (tertiary alicyclic amines) is 1. The Balaban J connectivity index is 1.56. The molecule has 1 aliphatic heterocycles. The summed E-state index contributed by atoms with van der Waals surface area (Å²) in [4.78, 5) is 14.5. The molecular formula is C19H33N3O2. The summed E-state index contributed by atoms with van der Waals surface area (Å²) >= 11 is 0. The van der Waals surface area contributed by atoms with Gasteiger partial charge in [0.1, 0.15) is 11.5 Å². The molecule has 0 spiro atoms. The molecule has 1 aromatic rings. The van der Waals surface area contributed by atoms with E-state index in [4.69, 9.17) is 4.42 Å². The van der Waals surface area contributed by atoms with Gasteiger partial charge in [-0.25, -0.2) is 4.79 Å². The van der Waals surface area contributed by atoms with E-state index in [-0.39, 0.29) is 12.1 Å². The van der Waals surface area contributed by atoms with Crippen LogP contribution in [-0.4, -0.2) is 37.1 Å². The Morgan fingerprint density at radius 3 is 2.62 bits per heavy atom. The molecule has 0 radical (unpaired) electrons. The molecule has 136 valence electrons. The Kier molecular flexibility index (Phi) is 7.16. The van der Waals surface area contributed by atoms with Gasteiger partial charge in [-0.2, -0.15) is 0 Å². The van der Waals surface area contributed by atoms with E-state index in [1.807, 2.05) is 26.0 Å². The first-order chi connectivity index (χ1) is 11.4. The lowest BCUT2D eigenvalue weighted by atomic mass is 9.92. The minimum atomic E-state index is -0.128. The van der Waals surface area contributed by atoms with Crippen molar-refractivity contribution in [3.05, 3.63) is 23.7 Å². The summed E-state index contributed by atoms with van der Waals surface area (Å²) in [6.45, 7) is 12.8. The summed E-state index contributed by atoms with van der Waals surface area (Å²) < 4.78 is 5.53. The molecular weight excluding hydrogens is 302 g/mol. The molecule has 5 nitrogen and oxygen atoms in total. The minimum Gasteiger partial charge on any atom is -0.464 e. The number of nitrogens with one attached hydrogen (secondary N) is 2. The summed E-state index contributed by atoms with van der Waals surface area (Å²) in [7, 11) is 0. The Labute approximate surface area is 146 Å². The Hall–Kier alpha value is -1.49. The van der Waals surface area contributed by atoms with Crippen molar-refractivity contribution in [1.82, 2.24) is 15.5 Å². The smallest absolute Gasteiger partial charge is 0.315 e. The van der Waals surface area contributed by atoms with Crippen molar-refractivity contribution in [2.45, 2.75) is 53.0 Å². The zero-order valence-corrected chi connectivity index (χ0v) is 15.6. The highest BCUT2D eigenvalue weighted by molar-refractivity contribution is 5.74. The van der Waals surface area contributed by atoms with Crippen LogP contribution in [0.2, 0.25) is 0 Å². The van der Waals surface area contributed by atoms with Gasteiger partial charge >= 0.3 is 6.03 Å². The van der Waals surface area contributed by atoms with Crippen molar-refractivity contribution in [3.8, 4) is 0 Å². The van der Waals surface area contributed by atoms with Crippen molar-refractivity contribution in [2.75, 3.05) is 26.2 Å². The highest BCUT2D eigenvalue weighted by atomic mass is 16.3. The van der Waals surface area contributed by atoms with Gasteiger partial charge in [-0.15, -0.1) is 0 Å². The standard InChI is InChI=1S/C19H33N3O2/c1-14-11-15(2)13-22(12-14)10-6-5-9-20-19(23)21-17(4)18-8-7-16(3)24-18/h7-8,14-15,17H,5-6,9-13H2,1-4H3,(H2,20,21,23)/t14-,15-,17+/m1/s1. The number of rotatable bonds is 7. The van der Waals surface area contributed by atoms with Crippen molar-refractivity contribution < 1.29 is 9.21 Å². The first-order valence-electron chi connectivity index (χ1n) is 9.27. The summed E-state index contributed by atoms with van der Waals surface area (Å²) in [5.74, 6) is 3.27. The molecule has 0 saturated carbocycles. The van der Waals surface area contributed by atoms with E-state index < -0.39 is 0 Å². The zero-order valence-electron chi connectivity index (χ0n) is 15.6. The molecule has 1 aliphatic rings. The fourth-order valence-corrected chi connectivity index (χ4v) is 3.64. The molecule has 2 amide bonds. The lowest BCUT2D eigenvalue weighted by molar-refractivity contribution is 0.139. The number of urea groups is 1. The summed E-state index contributed by atoms with van der Waals surface area (Å²) in [6, 6.07) is 3.57. The number of amides is 2. The maximum absolute atomic E-state index is 11.9. The topological polar surface area (TPSA) is 57.5 Å². The number of hydrogen-bond acceptors (Lipinski definition) is 3. The van der Waals surface area contributed by atoms with Gasteiger partial charge in [-0.1, -0.05) is 13.8 Å². The van der Waals surface area contributed by atoms with Crippen LogP contribution in [0.15, 0.2) is 16.5 Å². The summed E-state index contributed by atoms with van der Waals surface area (Å²) in [5.41, 5.74) is 0. The number of carbonyl (C=O) groups is 1. The van der Waals surface area contributed by atoms with Gasteiger partial charge in [-0.3, -0.25) is 0 Å². The van der Waals surface area contributed by atoms with Crippen molar-refractivity contribution in [3.63, 3.8) is 0 Å². The van der Waals surface area contributed by atoms with Gasteiger partial charge in [0.05, 0.1) is 6.04 Å². The third kappa shape index (κ3) is 6.19. The van der Waals surface area contributed by atoms with Gasteiger partial charge in [0.15, 0.2) is 0 Å². The monoisotopic (exact) mass is 335 g/mol. The van der Waals surface area contributed by atoms with Crippen LogP contribution in [0.5, 0.6) is 0 Å². The van der Waals surface area contributed by atoms with E-state index in [1.54, 1.807) is 0 Å². The minimum absolute atomic E-state index is 0.116. The van der Waals surface area contributed by atoms with Crippen molar-refractivity contribution >= 4 is 6.03 Å². The van der Waals surface area contributed by atoms with E-state index >= 15 is 0 Å². The Morgan fingerprint density at radius 1 is 1.29 bits per heavy atom. The van der Waals surface area contributed by atoms with Crippen LogP contribution >= 0.6 is 0 Å². The van der Waals surface area contributed by atoms with Crippen LogP contribution in [0.3, 0.4) is 0 Å². The highest BCUT2D eigenvalue weighted by Crippen LogP contribution is 2.21. The molecule has 0 unspecified atom stereocenters. The number of carbonyl (C=O) groups excluding carboxylic acids is 1. The van der Waals surface area contributed by atoms with Crippen LogP contribution in [0.25, 0.3) is 0 Å². The number of aryl methyl sites for hydroxylation is 1. The maximum atomic E-state index is 11.9. The molecule has 0 aliphatic carbocycles. The molecule has 2 heterocycles. The highest BCUT2D eigenvalue weighted by Gasteiger charge is 2.21. The lowest BCUT2D eigenvalue weighted by Crippen LogP contribution is -2.40. The molecule has 1 fully saturated rings. The number of unbranched alkanes of at least 4 members (excludes halogenated alkanes) is 1. The quantitative estimate of drug-likeness (QED) is 0.747. The second-order valence-corrected chi connectivity index (χ2v) is 7.48. The van der Waals surface area contributed by atoms with E-state index in [0.29, 0.717) is 6.54 Å². The second-order valence-electron chi connectivity index (χ2n) is 7.48. The number of nitrogens with zero attached hydrogens (tertiary/aromatic N) is 1. The van der Waals surface area contributed by atoms with Gasteiger partial charge in [-0.05, 0) is 63.6 Å². The zero-order chi connectivity index (χ0) is 17.5. The maximum Gasteiger partial charge on any atom is 0.315 e. The number of hydrogen-bond donors (Lipinski definition) is 2. The van der Waals surface area contributed by atoms with E-state index in [9.17, 15) is 4.79 Å². The molecule has 3 atom stereocenters. The predicted molar refractivity (Wildman–Crippen MR) is 97.0 cm³/mol. The Morgan fingerprint density at radius 2 is 2.00 bits per heavy atom. The molecule has 1 aromatic heterocycles. The molecule has 1 saturated heterocycles. The average molecular weight is 335 g/mol. The van der Waals surface area contributed by atoms with E-state index in [2.05, 4.69) is 29.4 Å². The van der Waals surface area contributed by atoms with Gasteiger partial charge < -0.3 is 20.0 Å². The lowest BCUT2D eigenvalue weighted by Gasteiger charge is -2.34. The largest absolute Gasteiger partial charge is 0.464 e.